The quantitative estimate of drug-likeness (QED) is 0.696. The minimum absolute atomic E-state index is 0.00200. The number of hydrogen-bond donors (Lipinski definition) is 0. The van der Waals surface area contributed by atoms with Crippen LogP contribution in [0.3, 0.4) is 0 Å². The van der Waals surface area contributed by atoms with Crippen molar-refractivity contribution >= 4 is 11.6 Å². The van der Waals surface area contributed by atoms with E-state index >= 15 is 0 Å². The zero-order valence-corrected chi connectivity index (χ0v) is 15.1. The van der Waals surface area contributed by atoms with Gasteiger partial charge in [-0.25, -0.2) is 0 Å². The van der Waals surface area contributed by atoms with Crippen molar-refractivity contribution in [3.05, 3.63) is 0 Å². The van der Waals surface area contributed by atoms with E-state index in [4.69, 9.17) is 0 Å². The highest BCUT2D eigenvalue weighted by Gasteiger charge is 2.63. The minimum Gasteiger partial charge on any atom is -0.300 e. The van der Waals surface area contributed by atoms with E-state index in [2.05, 4.69) is 13.8 Å². The molecule has 0 saturated heterocycles. The lowest BCUT2D eigenvalue weighted by Crippen LogP contribution is -2.56. The highest BCUT2D eigenvalue weighted by atomic mass is 16.1. The molecule has 0 spiro atoms. The fraction of sp³-hybridized carbons (Fsp3) is 0.905. The molecule has 0 aromatic carbocycles. The third kappa shape index (κ3) is 1.99. The molecular formula is C21H32O2. The lowest BCUT2D eigenvalue weighted by molar-refractivity contribution is -0.158. The standard InChI is InChI=1S/C21H32O2/c1-13(22)16-9-10-17-15-8-7-14-6-4-5-11-20(14,2)18(15)12-19(23)21(16,17)3/h14-18H,4-12H2,1-3H3. The maximum absolute atomic E-state index is 13.2. The molecule has 0 aromatic rings. The van der Waals surface area contributed by atoms with Crippen LogP contribution in [-0.2, 0) is 9.59 Å². The number of hydrogen-bond acceptors (Lipinski definition) is 2. The first-order chi connectivity index (χ1) is 10.9. The van der Waals surface area contributed by atoms with Crippen LogP contribution in [-0.4, -0.2) is 11.6 Å². The van der Waals surface area contributed by atoms with Crippen LogP contribution in [0.15, 0.2) is 0 Å². The van der Waals surface area contributed by atoms with Gasteiger partial charge in [0.05, 0.1) is 0 Å². The molecular weight excluding hydrogens is 284 g/mol. The molecule has 4 rings (SSSR count). The van der Waals surface area contributed by atoms with Crippen molar-refractivity contribution < 1.29 is 9.59 Å². The van der Waals surface area contributed by atoms with Crippen molar-refractivity contribution in [3.8, 4) is 0 Å². The number of fused-ring (bicyclic) bond motifs is 5. The van der Waals surface area contributed by atoms with Gasteiger partial charge >= 0.3 is 0 Å². The van der Waals surface area contributed by atoms with Crippen LogP contribution >= 0.6 is 0 Å². The van der Waals surface area contributed by atoms with E-state index in [1.54, 1.807) is 6.92 Å². The van der Waals surface area contributed by atoms with Crippen molar-refractivity contribution in [2.24, 2.45) is 40.4 Å². The Balaban J connectivity index is 1.70. The van der Waals surface area contributed by atoms with Gasteiger partial charge in [-0.05, 0) is 74.5 Å². The van der Waals surface area contributed by atoms with Gasteiger partial charge in [-0.3, -0.25) is 9.59 Å². The summed E-state index contributed by atoms with van der Waals surface area (Å²) in [6, 6.07) is 0. The van der Waals surface area contributed by atoms with Gasteiger partial charge in [0.15, 0.2) is 0 Å². The van der Waals surface area contributed by atoms with Crippen LogP contribution in [0.25, 0.3) is 0 Å². The number of Topliss-reactive ketones (excluding diaryl/α,β-unsaturated/α-hetero) is 2. The average Bonchev–Trinajstić information content (AvgIpc) is 2.87. The molecule has 7 atom stereocenters. The van der Waals surface area contributed by atoms with Gasteiger partial charge in [0, 0.05) is 17.8 Å². The number of ketones is 2. The summed E-state index contributed by atoms with van der Waals surface area (Å²) in [5, 5.41) is 0. The molecule has 2 nitrogen and oxygen atoms in total. The number of carbonyl (C=O) groups is 2. The van der Waals surface area contributed by atoms with Gasteiger partial charge in [-0.1, -0.05) is 26.7 Å². The second kappa shape index (κ2) is 5.17. The lowest BCUT2D eigenvalue weighted by Gasteiger charge is -2.59. The second-order valence-electron chi connectivity index (χ2n) is 9.55. The predicted molar refractivity (Wildman–Crippen MR) is 90.9 cm³/mol. The summed E-state index contributed by atoms with van der Waals surface area (Å²) in [5.74, 6) is 3.28. The van der Waals surface area contributed by atoms with E-state index in [-0.39, 0.29) is 17.1 Å². The topological polar surface area (TPSA) is 34.1 Å². The van der Waals surface area contributed by atoms with E-state index in [9.17, 15) is 9.59 Å². The fourth-order valence-electron chi connectivity index (χ4n) is 7.65. The molecule has 128 valence electrons. The lowest BCUT2D eigenvalue weighted by atomic mass is 9.44. The van der Waals surface area contributed by atoms with E-state index in [1.165, 1.54) is 38.5 Å². The molecule has 0 aliphatic heterocycles. The average molecular weight is 316 g/mol. The Morgan fingerprint density at radius 1 is 1.00 bits per heavy atom. The Morgan fingerprint density at radius 3 is 2.52 bits per heavy atom. The SMILES string of the molecule is CC(=O)C1CCC2C3CCC4CCCCC4(C)C3CC(=O)C12C. The molecule has 0 radical (unpaired) electrons. The smallest absolute Gasteiger partial charge is 0.140 e. The van der Waals surface area contributed by atoms with E-state index in [0.29, 0.717) is 29.0 Å². The molecule has 4 aliphatic carbocycles. The fourth-order valence-corrected chi connectivity index (χ4v) is 7.65. The molecule has 2 heteroatoms. The van der Waals surface area contributed by atoms with E-state index in [0.717, 1.165) is 25.2 Å². The molecule has 23 heavy (non-hydrogen) atoms. The Bertz CT molecular complexity index is 538. The molecule has 0 heterocycles. The molecule has 0 amide bonds. The Labute approximate surface area is 140 Å². The normalized spacial score (nSPS) is 52.5. The van der Waals surface area contributed by atoms with Crippen molar-refractivity contribution in [1.29, 1.82) is 0 Å². The first-order valence-electron chi connectivity index (χ1n) is 9.92. The third-order valence-corrected chi connectivity index (χ3v) is 8.94. The summed E-state index contributed by atoms with van der Waals surface area (Å²) in [4.78, 5) is 25.4. The molecule has 0 N–H and O–H groups in total. The van der Waals surface area contributed by atoms with Gasteiger partial charge in [-0.15, -0.1) is 0 Å². The summed E-state index contributed by atoms with van der Waals surface area (Å²) >= 11 is 0. The molecule has 7 unspecified atom stereocenters. The van der Waals surface area contributed by atoms with Gasteiger partial charge in [0.1, 0.15) is 11.6 Å². The Morgan fingerprint density at radius 2 is 1.78 bits per heavy atom. The minimum atomic E-state index is -0.342. The van der Waals surface area contributed by atoms with Crippen LogP contribution < -0.4 is 0 Å². The number of carbonyl (C=O) groups excluding carboxylic acids is 2. The number of rotatable bonds is 1. The van der Waals surface area contributed by atoms with Gasteiger partial charge < -0.3 is 0 Å². The maximum atomic E-state index is 13.2. The maximum Gasteiger partial charge on any atom is 0.140 e. The van der Waals surface area contributed by atoms with Crippen LogP contribution in [0.1, 0.15) is 78.6 Å². The van der Waals surface area contributed by atoms with Gasteiger partial charge in [0.25, 0.3) is 0 Å². The van der Waals surface area contributed by atoms with Crippen molar-refractivity contribution in [2.75, 3.05) is 0 Å². The summed E-state index contributed by atoms with van der Waals surface area (Å²) < 4.78 is 0. The Hall–Kier alpha value is -0.660. The largest absolute Gasteiger partial charge is 0.300 e. The monoisotopic (exact) mass is 316 g/mol. The van der Waals surface area contributed by atoms with Gasteiger partial charge in [-0.2, -0.15) is 0 Å². The van der Waals surface area contributed by atoms with Crippen LogP contribution in [0.5, 0.6) is 0 Å². The van der Waals surface area contributed by atoms with E-state index in [1.807, 2.05) is 0 Å². The first-order valence-corrected chi connectivity index (χ1v) is 9.92. The molecule has 0 bridgehead atoms. The zero-order valence-electron chi connectivity index (χ0n) is 15.1. The highest BCUT2D eigenvalue weighted by Crippen LogP contribution is 2.66. The summed E-state index contributed by atoms with van der Waals surface area (Å²) in [6.45, 7) is 6.35. The van der Waals surface area contributed by atoms with Crippen LogP contribution in [0.4, 0.5) is 0 Å². The van der Waals surface area contributed by atoms with Crippen LogP contribution in [0, 0.1) is 40.4 Å². The zero-order chi connectivity index (χ0) is 16.4. The third-order valence-electron chi connectivity index (χ3n) is 8.94. The molecule has 0 aromatic heterocycles. The van der Waals surface area contributed by atoms with E-state index < -0.39 is 0 Å². The molecule has 4 saturated carbocycles. The van der Waals surface area contributed by atoms with Crippen molar-refractivity contribution in [3.63, 3.8) is 0 Å². The first kappa shape index (κ1) is 15.8. The molecule has 4 fully saturated rings. The summed E-state index contributed by atoms with van der Waals surface area (Å²) in [7, 11) is 0. The van der Waals surface area contributed by atoms with Crippen LogP contribution in [0.2, 0.25) is 0 Å². The predicted octanol–water partition coefficient (Wildman–Crippen LogP) is 4.80. The van der Waals surface area contributed by atoms with Gasteiger partial charge in [0.2, 0.25) is 0 Å². The highest BCUT2D eigenvalue weighted by molar-refractivity contribution is 5.93. The van der Waals surface area contributed by atoms with Crippen molar-refractivity contribution in [2.45, 2.75) is 78.6 Å². The molecule has 4 aliphatic rings. The van der Waals surface area contributed by atoms with Crippen molar-refractivity contribution in [1.82, 2.24) is 0 Å². The summed E-state index contributed by atoms with van der Waals surface area (Å²) in [6.07, 6.45) is 10.9. The Kier molecular flexibility index (Phi) is 3.56. The summed E-state index contributed by atoms with van der Waals surface area (Å²) in [5.41, 5.74) is 0.0529. The second-order valence-corrected chi connectivity index (χ2v) is 9.55.